The average Bonchev–Trinajstić information content (AvgIpc) is 2.75. The Labute approximate surface area is 145 Å². The van der Waals surface area contributed by atoms with Crippen LogP contribution in [0, 0.1) is 5.82 Å². The minimum Gasteiger partial charge on any atom is -0.394 e. The summed E-state index contributed by atoms with van der Waals surface area (Å²) in [5.74, 6) is -0.548. The molecule has 2 aromatic rings. The molecule has 1 aliphatic carbocycles. The summed E-state index contributed by atoms with van der Waals surface area (Å²) in [5.41, 5.74) is 12.9. The molecule has 2 N–H and O–H groups in total. The average molecular weight is 341 g/mol. The van der Waals surface area contributed by atoms with Crippen LogP contribution in [0.3, 0.4) is 0 Å². The van der Waals surface area contributed by atoms with Crippen molar-refractivity contribution in [3.05, 3.63) is 81.0 Å². The Bertz CT molecular complexity index is 805. The molecule has 2 aromatic carbocycles. The van der Waals surface area contributed by atoms with E-state index in [4.69, 9.17) is 10.6 Å². The molecule has 5 nitrogen and oxygen atoms in total. The van der Waals surface area contributed by atoms with E-state index >= 15 is 0 Å². The summed E-state index contributed by atoms with van der Waals surface area (Å²) in [6.07, 6.45) is 0.715. The number of hydrogen-bond acceptors (Lipinski definition) is 3. The first-order valence-corrected chi connectivity index (χ1v) is 8.33. The lowest BCUT2D eigenvalue weighted by atomic mass is 9.83. The Morgan fingerprint density at radius 1 is 1.20 bits per heavy atom. The first kappa shape index (κ1) is 17.4. The minimum absolute atomic E-state index is 0.184. The van der Waals surface area contributed by atoms with Crippen molar-refractivity contribution in [3.63, 3.8) is 0 Å². The Morgan fingerprint density at radius 2 is 1.96 bits per heavy atom. The second-order valence-electron chi connectivity index (χ2n) is 6.39. The molecule has 3 rings (SSSR count). The van der Waals surface area contributed by atoms with Gasteiger partial charge in [-0.3, -0.25) is 0 Å². The van der Waals surface area contributed by atoms with Crippen molar-refractivity contribution >= 4 is 0 Å². The summed E-state index contributed by atoms with van der Waals surface area (Å²) < 4.78 is 13.9. The van der Waals surface area contributed by atoms with Gasteiger partial charge in [-0.1, -0.05) is 35.4 Å². The fourth-order valence-electron chi connectivity index (χ4n) is 3.63. The van der Waals surface area contributed by atoms with Gasteiger partial charge in [0.2, 0.25) is 0 Å². The summed E-state index contributed by atoms with van der Waals surface area (Å²) in [6, 6.07) is 12.0. The highest BCUT2D eigenvalue weighted by molar-refractivity contribution is 5.45. The maximum atomic E-state index is 13.9. The molecule has 0 bridgehead atoms. The lowest BCUT2D eigenvalue weighted by molar-refractivity contribution is 0.0842. The lowest BCUT2D eigenvalue weighted by Crippen LogP contribution is -2.16. The van der Waals surface area contributed by atoms with E-state index in [0.717, 1.165) is 16.7 Å². The zero-order chi connectivity index (χ0) is 17.8. The number of halogens is 1. The van der Waals surface area contributed by atoms with E-state index in [1.807, 2.05) is 24.3 Å². The van der Waals surface area contributed by atoms with E-state index in [0.29, 0.717) is 24.8 Å². The van der Waals surface area contributed by atoms with Crippen molar-refractivity contribution in [3.8, 4) is 0 Å². The van der Waals surface area contributed by atoms with E-state index < -0.39 is 12.1 Å². The second-order valence-corrected chi connectivity index (χ2v) is 6.39. The van der Waals surface area contributed by atoms with E-state index in [-0.39, 0.29) is 18.3 Å². The van der Waals surface area contributed by atoms with Crippen molar-refractivity contribution < 1.29 is 14.6 Å². The van der Waals surface area contributed by atoms with Gasteiger partial charge in [0, 0.05) is 4.91 Å². The summed E-state index contributed by atoms with van der Waals surface area (Å²) in [4.78, 5) is 2.99. The zero-order valence-corrected chi connectivity index (χ0v) is 13.7. The van der Waals surface area contributed by atoms with Crippen LogP contribution in [-0.2, 0) is 6.42 Å². The molecule has 0 aromatic heterocycles. The van der Waals surface area contributed by atoms with Crippen LogP contribution in [0.2, 0.25) is 0 Å². The molecule has 0 fully saturated rings. The molecular weight excluding hydrogens is 321 g/mol. The first-order valence-electron chi connectivity index (χ1n) is 8.33. The number of benzene rings is 2. The molecule has 130 valence electrons. The minimum atomic E-state index is -0.825. The molecule has 0 unspecified atom stereocenters. The lowest BCUT2D eigenvalue weighted by Gasteiger charge is -2.25. The number of azide groups is 1. The predicted molar refractivity (Wildman–Crippen MR) is 92.6 cm³/mol. The number of rotatable bonds is 5. The third-order valence-corrected chi connectivity index (χ3v) is 4.84. The van der Waals surface area contributed by atoms with Gasteiger partial charge in [0.1, 0.15) is 5.82 Å². The third-order valence-electron chi connectivity index (χ3n) is 4.84. The summed E-state index contributed by atoms with van der Waals surface area (Å²) in [7, 11) is 0. The van der Waals surface area contributed by atoms with Gasteiger partial charge >= 0.3 is 0 Å². The van der Waals surface area contributed by atoms with Crippen LogP contribution < -0.4 is 0 Å². The van der Waals surface area contributed by atoms with Crippen LogP contribution in [0.4, 0.5) is 4.39 Å². The third kappa shape index (κ3) is 3.66. The highest BCUT2D eigenvalue weighted by Gasteiger charge is 2.31. The number of nitrogens with zero attached hydrogens (tertiary/aromatic N) is 3. The van der Waals surface area contributed by atoms with Crippen LogP contribution in [0.25, 0.3) is 10.4 Å². The van der Waals surface area contributed by atoms with Crippen molar-refractivity contribution in [2.45, 2.75) is 37.3 Å². The fraction of sp³-hybridized carbons (Fsp3) is 0.368. The molecule has 3 atom stereocenters. The molecule has 0 aliphatic heterocycles. The van der Waals surface area contributed by atoms with Crippen molar-refractivity contribution in [2.24, 2.45) is 5.11 Å². The summed E-state index contributed by atoms with van der Waals surface area (Å²) in [5, 5.41) is 22.8. The molecule has 0 saturated carbocycles. The highest BCUT2D eigenvalue weighted by atomic mass is 19.1. The van der Waals surface area contributed by atoms with Crippen LogP contribution in [-0.4, -0.2) is 22.9 Å². The van der Waals surface area contributed by atoms with Gasteiger partial charge in [-0.05, 0) is 65.1 Å². The van der Waals surface area contributed by atoms with Gasteiger partial charge in [-0.25, -0.2) is 4.39 Å². The zero-order valence-electron chi connectivity index (χ0n) is 13.7. The number of aliphatic hydroxyl groups is 2. The molecule has 0 heterocycles. The van der Waals surface area contributed by atoms with Gasteiger partial charge in [0.15, 0.2) is 0 Å². The summed E-state index contributed by atoms with van der Waals surface area (Å²) in [6.45, 7) is -0.314. The van der Waals surface area contributed by atoms with Gasteiger partial charge in [-0.15, -0.1) is 0 Å². The number of hydrogen-bond donors (Lipinski definition) is 2. The topological polar surface area (TPSA) is 89.2 Å². The van der Waals surface area contributed by atoms with Crippen LogP contribution in [0.5, 0.6) is 0 Å². The maximum absolute atomic E-state index is 13.9. The van der Waals surface area contributed by atoms with Crippen LogP contribution >= 0.6 is 0 Å². The van der Waals surface area contributed by atoms with Crippen molar-refractivity contribution in [1.82, 2.24) is 0 Å². The molecule has 6 heteroatoms. The molecule has 25 heavy (non-hydrogen) atoms. The van der Waals surface area contributed by atoms with Gasteiger partial charge in [0.05, 0.1) is 18.8 Å². The Balaban J connectivity index is 2.12. The van der Waals surface area contributed by atoms with E-state index in [1.165, 1.54) is 12.1 Å². The SMILES string of the molecule is [N-]=[N+]=N[C@H]1c2cc(F)ccc2Cc2ccccc2[C@H]1CC[C@H](O)CO. The van der Waals surface area contributed by atoms with E-state index in [9.17, 15) is 9.50 Å². The monoisotopic (exact) mass is 341 g/mol. The molecule has 0 amide bonds. The van der Waals surface area contributed by atoms with E-state index in [1.54, 1.807) is 6.07 Å². The Morgan fingerprint density at radius 3 is 2.72 bits per heavy atom. The second kappa shape index (κ2) is 7.66. The highest BCUT2D eigenvalue weighted by Crippen LogP contribution is 2.44. The van der Waals surface area contributed by atoms with Crippen molar-refractivity contribution in [1.29, 1.82) is 0 Å². The van der Waals surface area contributed by atoms with Crippen LogP contribution in [0.15, 0.2) is 47.6 Å². The maximum Gasteiger partial charge on any atom is 0.123 e. The first-order chi connectivity index (χ1) is 12.1. The van der Waals surface area contributed by atoms with E-state index in [2.05, 4.69) is 10.0 Å². The molecule has 0 saturated heterocycles. The standard InChI is InChI=1S/C19H20FN3O2/c20-14-6-5-13-9-12-3-1-2-4-16(12)17(8-7-15(25)11-24)19(22-23-21)18(13)10-14/h1-6,10,15,17,19,24-25H,7-9,11H2/t15-,17+,19+/m0/s1. The molecular formula is C19H20FN3O2. The Kier molecular flexibility index (Phi) is 5.34. The number of aliphatic hydroxyl groups excluding tert-OH is 2. The van der Waals surface area contributed by atoms with Gasteiger partial charge in [0.25, 0.3) is 0 Å². The van der Waals surface area contributed by atoms with Crippen molar-refractivity contribution in [2.75, 3.05) is 6.61 Å². The largest absolute Gasteiger partial charge is 0.394 e. The van der Waals surface area contributed by atoms with Gasteiger partial charge in [-0.2, -0.15) is 0 Å². The normalized spacial score (nSPS) is 20.0. The molecule has 0 radical (unpaired) electrons. The Hall–Kier alpha value is -2.40. The fourth-order valence-corrected chi connectivity index (χ4v) is 3.63. The van der Waals surface area contributed by atoms with Crippen LogP contribution in [0.1, 0.15) is 47.1 Å². The predicted octanol–water partition coefficient (Wildman–Crippen LogP) is 4.00. The summed E-state index contributed by atoms with van der Waals surface area (Å²) >= 11 is 0. The quantitative estimate of drug-likeness (QED) is 0.489. The van der Waals surface area contributed by atoms with Gasteiger partial charge < -0.3 is 10.2 Å². The molecule has 1 aliphatic rings. The number of fused-ring (bicyclic) bond motifs is 2. The smallest absolute Gasteiger partial charge is 0.123 e. The molecule has 0 spiro atoms.